The van der Waals surface area contributed by atoms with Crippen molar-refractivity contribution in [2.75, 3.05) is 18.1 Å². The van der Waals surface area contributed by atoms with Gasteiger partial charge in [-0.05, 0) is 97.1 Å². The normalized spacial score (nSPS) is 22.1. The molecular formula is C62H51IO18. The van der Waals surface area contributed by atoms with Crippen molar-refractivity contribution in [2.45, 2.75) is 61.4 Å². The van der Waals surface area contributed by atoms with Crippen molar-refractivity contribution in [1.29, 1.82) is 0 Å². The van der Waals surface area contributed by atoms with Crippen LogP contribution in [0.5, 0.6) is 5.75 Å². The summed E-state index contributed by atoms with van der Waals surface area (Å²) in [6, 6.07) is 53.2. The summed E-state index contributed by atoms with van der Waals surface area (Å²) in [5.41, 5.74) is 0.693. The highest BCUT2D eigenvalue weighted by atomic mass is 127. The fourth-order valence-electron chi connectivity index (χ4n) is 8.77. The van der Waals surface area contributed by atoms with E-state index in [1.165, 1.54) is 104 Å². The molecule has 7 aromatic carbocycles. The Morgan fingerprint density at radius 1 is 0.358 bits per heavy atom. The Morgan fingerprint density at radius 2 is 0.679 bits per heavy atom. The first-order valence-electron chi connectivity index (χ1n) is 25.4. The molecule has 0 bridgehead atoms. The fourth-order valence-corrected chi connectivity index (χ4v) is 9.48. The Kier molecular flexibility index (Phi) is 19.3. The number of carbonyl (C=O) groups excluding carboxylic acids is 7. The summed E-state index contributed by atoms with van der Waals surface area (Å²) in [4.78, 5) is 98.2. The first-order valence-corrected chi connectivity index (χ1v) is 26.9. The third kappa shape index (κ3) is 14.4. The molecule has 0 saturated carbocycles. The minimum absolute atomic E-state index is 0.0246. The molecule has 81 heavy (non-hydrogen) atoms. The van der Waals surface area contributed by atoms with E-state index in [0.717, 1.165) is 0 Å². The molecule has 0 radical (unpaired) electrons. The number of halogens is 1. The maximum absolute atomic E-state index is 14.6. The number of hydrogen-bond donors (Lipinski definition) is 0. The first-order chi connectivity index (χ1) is 39.5. The minimum Gasteiger partial charge on any atom is -0.465 e. The molecule has 7 aromatic rings. The molecule has 2 fully saturated rings. The highest BCUT2D eigenvalue weighted by molar-refractivity contribution is 14.1. The van der Waals surface area contributed by atoms with Gasteiger partial charge in [0.05, 0.1) is 46.1 Å². The zero-order chi connectivity index (χ0) is 56.7. The van der Waals surface area contributed by atoms with E-state index in [1.54, 1.807) is 109 Å². The highest BCUT2D eigenvalue weighted by Crippen LogP contribution is 2.38. The number of methoxy groups -OCH3 is 1. The van der Waals surface area contributed by atoms with E-state index in [9.17, 15) is 33.6 Å². The van der Waals surface area contributed by atoms with Crippen molar-refractivity contribution in [3.63, 3.8) is 0 Å². The van der Waals surface area contributed by atoms with Crippen LogP contribution in [0.25, 0.3) is 0 Å². The van der Waals surface area contributed by atoms with Crippen molar-refractivity contribution in [1.82, 2.24) is 0 Å². The lowest BCUT2D eigenvalue weighted by atomic mass is 9.96. The second kappa shape index (κ2) is 27.4. The Bertz CT molecular complexity index is 3250. The predicted octanol–water partition coefficient (Wildman–Crippen LogP) is 9.11. The third-order valence-corrected chi connectivity index (χ3v) is 13.7. The molecule has 0 N–H and O–H groups in total. The summed E-state index contributed by atoms with van der Waals surface area (Å²) in [5.74, 6) is -5.99. The number of alkyl halides is 1. The molecule has 0 aromatic heterocycles. The molecule has 9 rings (SSSR count). The zero-order valence-electron chi connectivity index (χ0n) is 43.0. The standard InChI is InChI=1S/C62H51IO18/c1-71-54(64)44-32-34-45(35-33-44)73-61-52(79-59(69)42-28-16-6-17-29-42)51(78-58(68)41-26-14-5-15-27-41)49(47(75-61)37-72-55(65)38-20-8-2-9-21-38)81-62-53(80-60(70)43-30-18-7-19-31-43)50(77-57(67)40-24-12-4-13-25-40)48(46(36-63)74-62)76-56(66)39-22-10-3-11-23-39/h2-35,46-53,61-62H,36-37H2,1H3/t46-,47-,48+,49-,50+,51+,52-,53-,61-,62+/m1/s1. The number of hydrogen-bond acceptors (Lipinski definition) is 18. The van der Waals surface area contributed by atoms with E-state index < -0.39 is 110 Å². The van der Waals surface area contributed by atoms with Crippen molar-refractivity contribution in [2.24, 2.45) is 0 Å². The summed E-state index contributed by atoms with van der Waals surface area (Å²) >= 11 is 1.99. The van der Waals surface area contributed by atoms with Crippen molar-refractivity contribution in [3.8, 4) is 5.75 Å². The Morgan fingerprint density at radius 3 is 1.06 bits per heavy atom. The highest BCUT2D eigenvalue weighted by Gasteiger charge is 2.58. The molecular weight excluding hydrogens is 1160 g/mol. The monoisotopic (exact) mass is 1210 g/mol. The molecule has 18 nitrogen and oxygen atoms in total. The number of benzene rings is 7. The van der Waals surface area contributed by atoms with Gasteiger partial charge in [-0.2, -0.15) is 0 Å². The van der Waals surface area contributed by atoms with Gasteiger partial charge in [0.1, 0.15) is 30.7 Å². The molecule has 19 heteroatoms. The Balaban J connectivity index is 1.19. The van der Waals surface area contributed by atoms with Gasteiger partial charge in [0, 0.05) is 4.43 Å². The lowest BCUT2D eigenvalue weighted by molar-refractivity contribution is -0.345. The van der Waals surface area contributed by atoms with Crippen molar-refractivity contribution in [3.05, 3.63) is 245 Å². The van der Waals surface area contributed by atoms with Crippen molar-refractivity contribution < 1.29 is 85.7 Å². The maximum atomic E-state index is 14.6. The average Bonchev–Trinajstić information content (AvgIpc) is 3.72. The van der Waals surface area contributed by atoms with Gasteiger partial charge < -0.3 is 52.1 Å². The van der Waals surface area contributed by atoms with E-state index in [1.807, 2.05) is 22.6 Å². The van der Waals surface area contributed by atoms with Crippen LogP contribution in [-0.4, -0.2) is 121 Å². The van der Waals surface area contributed by atoms with Crippen molar-refractivity contribution >= 4 is 64.4 Å². The molecule has 0 aliphatic carbocycles. The van der Waals surface area contributed by atoms with Crippen LogP contribution in [0.2, 0.25) is 0 Å². The second-order valence-corrected chi connectivity index (χ2v) is 19.0. The van der Waals surface area contributed by atoms with Crippen LogP contribution in [0.3, 0.4) is 0 Å². The van der Waals surface area contributed by atoms with Crippen LogP contribution in [0.4, 0.5) is 0 Å². The molecule has 2 aliphatic rings. The molecule has 414 valence electrons. The topological polar surface area (TPSA) is 221 Å². The summed E-state index contributed by atoms with van der Waals surface area (Å²) in [6.45, 7) is -0.682. The van der Waals surface area contributed by atoms with E-state index in [4.69, 9.17) is 52.1 Å². The van der Waals surface area contributed by atoms with E-state index in [2.05, 4.69) is 0 Å². The van der Waals surface area contributed by atoms with E-state index in [-0.39, 0.29) is 49.1 Å². The number of carbonyl (C=O) groups is 7. The largest absolute Gasteiger partial charge is 0.465 e. The second-order valence-electron chi connectivity index (χ2n) is 18.1. The Labute approximate surface area is 478 Å². The summed E-state index contributed by atoms with van der Waals surface area (Å²) in [6.07, 6.45) is -16.9. The summed E-state index contributed by atoms with van der Waals surface area (Å²) in [5, 5.41) is 0. The van der Waals surface area contributed by atoms with Crippen LogP contribution in [0, 0.1) is 0 Å². The lowest BCUT2D eigenvalue weighted by Crippen LogP contribution is -2.67. The zero-order valence-corrected chi connectivity index (χ0v) is 45.2. The van der Waals surface area contributed by atoms with Crippen LogP contribution in [-0.2, 0) is 47.4 Å². The van der Waals surface area contributed by atoms with Gasteiger partial charge >= 0.3 is 41.8 Å². The number of ether oxygens (including phenoxy) is 11. The Hall–Kier alpha value is -8.76. The molecule has 0 spiro atoms. The van der Waals surface area contributed by atoms with Crippen LogP contribution < -0.4 is 4.74 Å². The van der Waals surface area contributed by atoms with E-state index in [0.29, 0.717) is 0 Å². The van der Waals surface area contributed by atoms with Crippen LogP contribution in [0.1, 0.15) is 72.5 Å². The van der Waals surface area contributed by atoms with Gasteiger partial charge in [0.15, 0.2) is 30.7 Å². The summed E-state index contributed by atoms with van der Waals surface area (Å²) < 4.78 is 69.3. The van der Waals surface area contributed by atoms with E-state index >= 15 is 0 Å². The lowest BCUT2D eigenvalue weighted by Gasteiger charge is -2.48. The number of rotatable bonds is 19. The first kappa shape index (κ1) is 56.9. The quantitative estimate of drug-likeness (QED) is 0.0319. The number of esters is 7. The SMILES string of the molecule is COC(=O)c1ccc(O[C@@H]2O[C@H](COC(=O)c3ccccc3)[C@@H](O[C@@H]3O[C@H](CI)[C@H](OC(=O)c4ccccc4)[C@H](OC(=O)c4ccccc4)[C@H]3OC(=O)c3ccccc3)[C@H](OC(=O)c3ccccc3)[C@H]2OC(=O)c2ccccc2)cc1. The van der Waals surface area contributed by atoms with Gasteiger partial charge in [-0.1, -0.05) is 132 Å². The molecule has 0 unspecified atom stereocenters. The molecule has 2 aliphatic heterocycles. The van der Waals surface area contributed by atoms with Gasteiger partial charge in [-0.3, -0.25) is 0 Å². The van der Waals surface area contributed by atoms with Gasteiger partial charge in [0.2, 0.25) is 12.4 Å². The molecule has 2 heterocycles. The van der Waals surface area contributed by atoms with Crippen LogP contribution >= 0.6 is 22.6 Å². The third-order valence-electron chi connectivity index (χ3n) is 12.8. The smallest absolute Gasteiger partial charge is 0.338 e. The molecule has 0 amide bonds. The minimum atomic E-state index is -1.88. The summed E-state index contributed by atoms with van der Waals surface area (Å²) in [7, 11) is 1.22. The van der Waals surface area contributed by atoms with Gasteiger partial charge in [0.25, 0.3) is 0 Å². The average molecular weight is 1210 g/mol. The van der Waals surface area contributed by atoms with Gasteiger partial charge in [-0.25, -0.2) is 33.6 Å². The maximum Gasteiger partial charge on any atom is 0.338 e. The molecule has 10 atom stereocenters. The van der Waals surface area contributed by atoms with Gasteiger partial charge in [-0.15, -0.1) is 0 Å². The molecule has 2 saturated heterocycles. The predicted molar refractivity (Wildman–Crippen MR) is 294 cm³/mol. The fraction of sp³-hybridized carbons (Fsp3) is 0.210. The van der Waals surface area contributed by atoms with Crippen LogP contribution in [0.15, 0.2) is 206 Å².